The standard InChI is InChI=1S/C15H27N5O2S/c1-15(2,3)22-14(21)18(5)12-6-8-19(9-7-12)11-20-13(23)17(4)10-16-20/h10,12H,6-9,11H2,1-5H3. The average Bonchev–Trinajstić information content (AvgIpc) is 2.77. The summed E-state index contributed by atoms with van der Waals surface area (Å²) >= 11 is 5.31. The zero-order chi connectivity index (χ0) is 17.2. The van der Waals surface area contributed by atoms with Crippen LogP contribution < -0.4 is 0 Å². The van der Waals surface area contributed by atoms with Crippen LogP contribution in [-0.2, 0) is 18.5 Å². The van der Waals surface area contributed by atoms with Gasteiger partial charge in [-0.3, -0.25) is 4.90 Å². The van der Waals surface area contributed by atoms with Crippen molar-refractivity contribution in [2.24, 2.45) is 7.05 Å². The smallest absolute Gasteiger partial charge is 0.410 e. The summed E-state index contributed by atoms with van der Waals surface area (Å²) in [6, 6.07) is 0.220. The SMILES string of the molecule is CN(C(=O)OC(C)(C)C)C1CCN(Cn2ncn(C)c2=S)CC1. The maximum Gasteiger partial charge on any atom is 0.410 e. The zero-order valence-electron chi connectivity index (χ0n) is 14.7. The van der Waals surface area contributed by atoms with Crippen LogP contribution >= 0.6 is 12.2 Å². The van der Waals surface area contributed by atoms with E-state index in [-0.39, 0.29) is 12.1 Å². The maximum absolute atomic E-state index is 12.1. The molecule has 2 heterocycles. The summed E-state index contributed by atoms with van der Waals surface area (Å²) in [5.74, 6) is 0. The first-order valence-electron chi connectivity index (χ1n) is 7.94. The summed E-state index contributed by atoms with van der Waals surface area (Å²) in [4.78, 5) is 16.2. The first kappa shape index (κ1) is 17.9. The monoisotopic (exact) mass is 341 g/mol. The number of nitrogens with zero attached hydrogens (tertiary/aromatic N) is 5. The fourth-order valence-corrected chi connectivity index (χ4v) is 2.79. The number of aryl methyl sites for hydroxylation is 1. The Hall–Kier alpha value is -1.41. The second-order valence-corrected chi connectivity index (χ2v) is 7.47. The third-order valence-electron chi connectivity index (χ3n) is 4.01. The van der Waals surface area contributed by atoms with Gasteiger partial charge in [0.05, 0.1) is 6.67 Å². The van der Waals surface area contributed by atoms with Crippen LogP contribution in [0.15, 0.2) is 6.33 Å². The normalized spacial score (nSPS) is 17.3. The Balaban J connectivity index is 1.85. The lowest BCUT2D eigenvalue weighted by Crippen LogP contribution is -2.47. The first-order valence-corrected chi connectivity index (χ1v) is 8.35. The Kier molecular flexibility index (Phi) is 5.46. The number of aromatic nitrogens is 3. The average molecular weight is 341 g/mol. The Morgan fingerprint density at radius 2 is 2.04 bits per heavy atom. The minimum Gasteiger partial charge on any atom is -0.444 e. The van der Waals surface area contributed by atoms with E-state index in [2.05, 4.69) is 10.00 Å². The van der Waals surface area contributed by atoms with Crippen molar-refractivity contribution in [2.75, 3.05) is 20.1 Å². The summed E-state index contributed by atoms with van der Waals surface area (Å²) in [5, 5.41) is 4.28. The molecule has 23 heavy (non-hydrogen) atoms. The quantitative estimate of drug-likeness (QED) is 0.789. The van der Waals surface area contributed by atoms with Crippen molar-refractivity contribution in [3.8, 4) is 0 Å². The summed E-state index contributed by atoms with van der Waals surface area (Å²) in [6.07, 6.45) is 3.33. The van der Waals surface area contributed by atoms with Gasteiger partial charge in [-0.2, -0.15) is 5.10 Å². The Morgan fingerprint density at radius 1 is 1.43 bits per heavy atom. The third kappa shape index (κ3) is 4.78. The molecule has 1 aliphatic heterocycles. The molecular formula is C15H27N5O2S. The van der Waals surface area contributed by atoms with Crippen molar-refractivity contribution in [1.82, 2.24) is 24.1 Å². The van der Waals surface area contributed by atoms with Crippen LogP contribution in [0.3, 0.4) is 0 Å². The fourth-order valence-electron chi connectivity index (χ4n) is 2.64. The number of carbonyl (C=O) groups excluding carboxylic acids is 1. The molecule has 1 aromatic heterocycles. The van der Waals surface area contributed by atoms with E-state index in [1.165, 1.54) is 0 Å². The highest BCUT2D eigenvalue weighted by atomic mass is 32.1. The van der Waals surface area contributed by atoms with Crippen LogP contribution in [0, 0.1) is 4.77 Å². The molecule has 0 aliphatic carbocycles. The predicted octanol–water partition coefficient (Wildman–Crippen LogP) is 2.24. The molecule has 1 aromatic rings. The third-order valence-corrected chi connectivity index (χ3v) is 4.51. The number of piperidine rings is 1. The molecule has 1 aliphatic rings. The predicted molar refractivity (Wildman–Crippen MR) is 90.6 cm³/mol. The lowest BCUT2D eigenvalue weighted by atomic mass is 10.0. The van der Waals surface area contributed by atoms with Crippen LogP contribution in [0.5, 0.6) is 0 Å². The van der Waals surface area contributed by atoms with Crippen LogP contribution in [0.25, 0.3) is 0 Å². The van der Waals surface area contributed by atoms with E-state index in [9.17, 15) is 4.79 Å². The van der Waals surface area contributed by atoms with Gasteiger partial charge in [0.1, 0.15) is 11.9 Å². The summed E-state index contributed by atoms with van der Waals surface area (Å²) in [5.41, 5.74) is -0.457. The number of likely N-dealkylation sites (tertiary alicyclic amines) is 1. The van der Waals surface area contributed by atoms with Crippen LogP contribution in [0.2, 0.25) is 0 Å². The van der Waals surface area contributed by atoms with E-state index in [1.54, 1.807) is 11.2 Å². The van der Waals surface area contributed by atoms with E-state index >= 15 is 0 Å². The fraction of sp³-hybridized carbons (Fsp3) is 0.800. The molecule has 0 N–H and O–H groups in total. The van der Waals surface area contributed by atoms with Gasteiger partial charge in [0.2, 0.25) is 0 Å². The second kappa shape index (κ2) is 7.00. The van der Waals surface area contributed by atoms with E-state index in [4.69, 9.17) is 17.0 Å². The molecule has 0 radical (unpaired) electrons. The number of carbonyl (C=O) groups is 1. The van der Waals surface area contributed by atoms with Crippen LogP contribution in [-0.4, -0.2) is 62.0 Å². The van der Waals surface area contributed by atoms with Gasteiger partial charge in [-0.25, -0.2) is 9.48 Å². The minimum atomic E-state index is -0.457. The van der Waals surface area contributed by atoms with Gasteiger partial charge in [0, 0.05) is 33.2 Å². The van der Waals surface area contributed by atoms with Crippen LogP contribution in [0.1, 0.15) is 33.6 Å². The van der Waals surface area contributed by atoms with E-state index in [1.807, 2.05) is 44.1 Å². The molecule has 1 fully saturated rings. The first-order chi connectivity index (χ1) is 10.7. The number of rotatable bonds is 3. The van der Waals surface area contributed by atoms with Gasteiger partial charge < -0.3 is 14.2 Å². The Labute approximate surface area is 142 Å². The Morgan fingerprint density at radius 3 is 2.52 bits per heavy atom. The molecule has 0 aromatic carbocycles. The van der Waals surface area contributed by atoms with Crippen molar-refractivity contribution in [3.63, 3.8) is 0 Å². The van der Waals surface area contributed by atoms with Crippen molar-refractivity contribution in [1.29, 1.82) is 0 Å². The van der Waals surface area contributed by atoms with Crippen molar-refractivity contribution < 1.29 is 9.53 Å². The molecule has 7 nitrogen and oxygen atoms in total. The number of ether oxygens (including phenoxy) is 1. The molecular weight excluding hydrogens is 314 g/mol. The van der Waals surface area contributed by atoms with Gasteiger partial charge in [-0.05, 0) is 45.8 Å². The largest absolute Gasteiger partial charge is 0.444 e. The van der Waals surface area contributed by atoms with E-state index in [0.717, 1.165) is 30.7 Å². The number of hydrogen-bond acceptors (Lipinski definition) is 5. The molecule has 130 valence electrons. The highest BCUT2D eigenvalue weighted by Crippen LogP contribution is 2.18. The molecule has 1 saturated heterocycles. The van der Waals surface area contributed by atoms with Crippen molar-refractivity contribution in [2.45, 2.75) is 51.9 Å². The molecule has 0 atom stereocenters. The van der Waals surface area contributed by atoms with Crippen molar-refractivity contribution >= 4 is 18.3 Å². The van der Waals surface area contributed by atoms with Gasteiger partial charge in [-0.15, -0.1) is 0 Å². The number of amides is 1. The topological polar surface area (TPSA) is 55.5 Å². The summed E-state index contributed by atoms with van der Waals surface area (Å²) in [6.45, 7) is 8.18. The van der Waals surface area contributed by atoms with Crippen LogP contribution in [0.4, 0.5) is 4.79 Å². The lowest BCUT2D eigenvalue weighted by Gasteiger charge is -2.37. The molecule has 2 rings (SSSR count). The van der Waals surface area contributed by atoms with Crippen molar-refractivity contribution in [3.05, 3.63) is 11.1 Å². The minimum absolute atomic E-state index is 0.220. The van der Waals surface area contributed by atoms with Gasteiger partial charge in [0.25, 0.3) is 0 Å². The molecule has 0 bridgehead atoms. The summed E-state index contributed by atoms with van der Waals surface area (Å²) in [7, 11) is 3.72. The highest BCUT2D eigenvalue weighted by Gasteiger charge is 2.28. The second-order valence-electron chi connectivity index (χ2n) is 7.11. The molecule has 8 heteroatoms. The molecule has 0 spiro atoms. The summed E-state index contributed by atoms with van der Waals surface area (Å²) < 4.78 is 9.82. The number of hydrogen-bond donors (Lipinski definition) is 0. The lowest BCUT2D eigenvalue weighted by molar-refractivity contribution is 0.0134. The van der Waals surface area contributed by atoms with E-state index < -0.39 is 5.60 Å². The van der Waals surface area contributed by atoms with Gasteiger partial charge in [-0.1, -0.05) is 0 Å². The highest BCUT2D eigenvalue weighted by molar-refractivity contribution is 7.71. The van der Waals surface area contributed by atoms with Gasteiger partial charge in [0.15, 0.2) is 4.77 Å². The Bertz CT molecular complexity index is 596. The maximum atomic E-state index is 12.1. The molecule has 1 amide bonds. The molecule has 0 unspecified atom stereocenters. The van der Waals surface area contributed by atoms with Gasteiger partial charge >= 0.3 is 6.09 Å². The molecule has 0 saturated carbocycles. The van der Waals surface area contributed by atoms with E-state index in [0.29, 0.717) is 6.67 Å². The zero-order valence-corrected chi connectivity index (χ0v) is 15.5.